The Hall–Kier alpha value is -3.39. The Labute approximate surface area is 181 Å². The van der Waals surface area contributed by atoms with Crippen molar-refractivity contribution in [2.45, 2.75) is 13.0 Å². The number of carbonyl (C=O) groups is 1. The number of ether oxygens (including phenoxy) is 1. The van der Waals surface area contributed by atoms with E-state index >= 15 is 0 Å². The largest absolute Gasteiger partial charge is 0.459 e. The molecular formula is C23H25N5O3. The molecule has 0 atom stereocenters. The number of hydrogen-bond donors (Lipinski definition) is 0. The van der Waals surface area contributed by atoms with Crippen LogP contribution < -0.4 is 9.64 Å². The Bertz CT molecular complexity index is 1050. The van der Waals surface area contributed by atoms with Gasteiger partial charge in [0.05, 0.1) is 24.1 Å². The number of anilines is 1. The average Bonchev–Trinajstić information content (AvgIpc) is 3.34. The second-order valence-electron chi connectivity index (χ2n) is 7.91. The maximum atomic E-state index is 12.8. The summed E-state index contributed by atoms with van der Waals surface area (Å²) in [6, 6.07) is 13.0. The van der Waals surface area contributed by atoms with E-state index in [9.17, 15) is 4.79 Å². The monoisotopic (exact) mass is 419 g/mol. The van der Waals surface area contributed by atoms with E-state index in [1.807, 2.05) is 30.3 Å². The van der Waals surface area contributed by atoms with Crippen LogP contribution in [-0.2, 0) is 13.0 Å². The molecule has 160 valence electrons. The molecule has 0 spiro atoms. The standard InChI is InChI=1S/C23H25N5O3/c1-26-11-13-27(14-12-26)23-24-19-9-10-28(22(29)20-8-5-15-30-20)16-18(19)21(25-23)31-17-6-3-2-4-7-17/h2-8,15H,9-14,16H2,1H3. The van der Waals surface area contributed by atoms with Gasteiger partial charge in [0.1, 0.15) is 5.75 Å². The smallest absolute Gasteiger partial charge is 0.289 e. The number of benzene rings is 1. The van der Waals surface area contributed by atoms with E-state index in [-0.39, 0.29) is 5.91 Å². The molecule has 1 fully saturated rings. The highest BCUT2D eigenvalue weighted by Gasteiger charge is 2.29. The van der Waals surface area contributed by atoms with Crippen molar-refractivity contribution in [3.05, 3.63) is 65.7 Å². The van der Waals surface area contributed by atoms with Crippen LogP contribution in [0, 0.1) is 0 Å². The topological polar surface area (TPSA) is 74.9 Å². The lowest BCUT2D eigenvalue weighted by Gasteiger charge is -2.34. The van der Waals surface area contributed by atoms with Crippen molar-refractivity contribution in [2.24, 2.45) is 0 Å². The van der Waals surface area contributed by atoms with Gasteiger partial charge in [-0.15, -0.1) is 0 Å². The van der Waals surface area contributed by atoms with E-state index in [1.54, 1.807) is 17.0 Å². The highest BCUT2D eigenvalue weighted by Crippen LogP contribution is 2.32. The Kier molecular flexibility index (Phi) is 5.30. The van der Waals surface area contributed by atoms with E-state index in [1.165, 1.54) is 6.26 Å². The third kappa shape index (κ3) is 4.11. The number of hydrogen-bond acceptors (Lipinski definition) is 7. The molecule has 2 aromatic heterocycles. The minimum absolute atomic E-state index is 0.135. The molecule has 2 aliphatic heterocycles. The van der Waals surface area contributed by atoms with Gasteiger partial charge < -0.3 is 23.9 Å². The van der Waals surface area contributed by atoms with Gasteiger partial charge in [-0.2, -0.15) is 4.98 Å². The number of likely N-dealkylation sites (N-methyl/N-ethyl adjacent to an activating group) is 1. The summed E-state index contributed by atoms with van der Waals surface area (Å²) in [7, 11) is 2.12. The maximum Gasteiger partial charge on any atom is 0.289 e. The summed E-state index contributed by atoms with van der Waals surface area (Å²) in [4.78, 5) is 28.8. The van der Waals surface area contributed by atoms with Crippen LogP contribution in [0.25, 0.3) is 0 Å². The summed E-state index contributed by atoms with van der Waals surface area (Å²) in [6.07, 6.45) is 2.16. The van der Waals surface area contributed by atoms with Gasteiger partial charge in [0.2, 0.25) is 11.8 Å². The van der Waals surface area contributed by atoms with Crippen LogP contribution in [0.4, 0.5) is 5.95 Å². The summed E-state index contributed by atoms with van der Waals surface area (Å²) in [6.45, 7) is 4.67. The highest BCUT2D eigenvalue weighted by molar-refractivity contribution is 5.91. The number of furan rings is 1. The first-order valence-corrected chi connectivity index (χ1v) is 10.6. The minimum atomic E-state index is -0.135. The molecule has 2 aliphatic rings. The summed E-state index contributed by atoms with van der Waals surface area (Å²) >= 11 is 0. The van der Waals surface area contributed by atoms with E-state index in [4.69, 9.17) is 19.1 Å². The van der Waals surface area contributed by atoms with Crippen molar-refractivity contribution in [1.82, 2.24) is 19.8 Å². The van der Waals surface area contributed by atoms with Crippen molar-refractivity contribution >= 4 is 11.9 Å². The molecule has 8 nitrogen and oxygen atoms in total. The van der Waals surface area contributed by atoms with Crippen LogP contribution in [0.15, 0.2) is 53.1 Å². The Morgan fingerprint density at radius 1 is 1.00 bits per heavy atom. The first-order valence-electron chi connectivity index (χ1n) is 10.6. The van der Waals surface area contributed by atoms with Crippen LogP contribution in [0.5, 0.6) is 11.6 Å². The minimum Gasteiger partial charge on any atom is -0.459 e. The van der Waals surface area contributed by atoms with Gasteiger partial charge in [-0.25, -0.2) is 4.98 Å². The summed E-state index contributed by atoms with van der Waals surface area (Å²) in [5.41, 5.74) is 1.80. The van der Waals surface area contributed by atoms with Gasteiger partial charge in [-0.1, -0.05) is 18.2 Å². The summed E-state index contributed by atoms with van der Waals surface area (Å²) < 4.78 is 11.5. The third-order valence-electron chi connectivity index (χ3n) is 5.77. The van der Waals surface area contributed by atoms with Crippen molar-refractivity contribution in [3.8, 4) is 11.6 Å². The van der Waals surface area contributed by atoms with Crippen LogP contribution in [0.1, 0.15) is 21.8 Å². The van der Waals surface area contributed by atoms with Crippen LogP contribution in [-0.4, -0.2) is 65.4 Å². The molecule has 1 aromatic carbocycles. The van der Waals surface area contributed by atoms with Gasteiger partial charge >= 0.3 is 0 Å². The van der Waals surface area contributed by atoms with Gasteiger partial charge in [0.15, 0.2) is 5.76 Å². The fourth-order valence-electron chi connectivity index (χ4n) is 3.93. The Morgan fingerprint density at radius 2 is 1.81 bits per heavy atom. The fourth-order valence-corrected chi connectivity index (χ4v) is 3.93. The quantitative estimate of drug-likeness (QED) is 0.644. The molecule has 4 heterocycles. The molecule has 0 saturated carbocycles. The zero-order valence-corrected chi connectivity index (χ0v) is 17.5. The van der Waals surface area contributed by atoms with Gasteiger partial charge in [-0.3, -0.25) is 4.79 Å². The van der Waals surface area contributed by atoms with Gasteiger partial charge in [-0.05, 0) is 31.3 Å². The Balaban J connectivity index is 1.47. The number of aromatic nitrogens is 2. The first kappa shape index (κ1) is 19.6. The predicted molar refractivity (Wildman–Crippen MR) is 115 cm³/mol. The zero-order valence-electron chi connectivity index (χ0n) is 17.5. The number of carbonyl (C=O) groups excluding carboxylic acids is 1. The van der Waals surface area contributed by atoms with E-state index in [0.717, 1.165) is 37.4 Å². The second-order valence-corrected chi connectivity index (χ2v) is 7.91. The first-order chi connectivity index (χ1) is 15.2. The molecule has 8 heteroatoms. The number of fused-ring (bicyclic) bond motifs is 1. The van der Waals surface area contributed by atoms with Crippen molar-refractivity contribution < 1.29 is 13.9 Å². The Morgan fingerprint density at radius 3 is 2.55 bits per heavy atom. The molecule has 5 rings (SSSR count). The number of piperazine rings is 1. The lowest BCUT2D eigenvalue weighted by molar-refractivity contribution is 0.0699. The maximum absolute atomic E-state index is 12.8. The second kappa shape index (κ2) is 8.39. The summed E-state index contributed by atoms with van der Waals surface area (Å²) in [5.74, 6) is 2.13. The highest BCUT2D eigenvalue weighted by atomic mass is 16.5. The van der Waals surface area contributed by atoms with Gasteiger partial charge in [0, 0.05) is 39.1 Å². The lowest BCUT2D eigenvalue weighted by atomic mass is 10.1. The molecule has 0 unspecified atom stereocenters. The lowest BCUT2D eigenvalue weighted by Crippen LogP contribution is -2.45. The molecule has 1 saturated heterocycles. The fraction of sp³-hybridized carbons (Fsp3) is 0.348. The predicted octanol–water partition coefficient (Wildman–Crippen LogP) is 2.81. The third-order valence-corrected chi connectivity index (χ3v) is 5.77. The van der Waals surface area contributed by atoms with Crippen molar-refractivity contribution in [3.63, 3.8) is 0 Å². The molecule has 1 amide bonds. The average molecular weight is 419 g/mol. The van der Waals surface area contributed by atoms with Crippen molar-refractivity contribution in [2.75, 3.05) is 44.7 Å². The van der Waals surface area contributed by atoms with E-state index in [0.29, 0.717) is 42.8 Å². The number of para-hydroxylation sites is 1. The molecule has 0 aliphatic carbocycles. The van der Waals surface area contributed by atoms with Gasteiger partial charge in [0.25, 0.3) is 5.91 Å². The molecule has 3 aromatic rings. The number of nitrogens with zero attached hydrogens (tertiary/aromatic N) is 5. The zero-order chi connectivity index (χ0) is 21.2. The molecular weight excluding hydrogens is 394 g/mol. The van der Waals surface area contributed by atoms with E-state index < -0.39 is 0 Å². The van der Waals surface area contributed by atoms with Crippen LogP contribution in [0.3, 0.4) is 0 Å². The molecule has 0 radical (unpaired) electrons. The van der Waals surface area contributed by atoms with E-state index in [2.05, 4.69) is 16.8 Å². The molecule has 0 N–H and O–H groups in total. The molecule has 0 bridgehead atoms. The molecule has 31 heavy (non-hydrogen) atoms. The SMILES string of the molecule is CN1CCN(c2nc3c(c(Oc4ccccc4)n2)CN(C(=O)c2ccco2)CC3)CC1. The van der Waals surface area contributed by atoms with Crippen LogP contribution in [0.2, 0.25) is 0 Å². The normalized spacial score (nSPS) is 16.8. The van der Waals surface area contributed by atoms with Crippen LogP contribution >= 0.6 is 0 Å². The number of rotatable bonds is 4. The summed E-state index contributed by atoms with van der Waals surface area (Å²) in [5, 5.41) is 0. The number of amides is 1. The van der Waals surface area contributed by atoms with Crippen molar-refractivity contribution in [1.29, 1.82) is 0 Å².